The molecule has 1 heterocycles. The van der Waals surface area contributed by atoms with Crippen LogP contribution in [0.25, 0.3) is 17.0 Å². The molecule has 0 saturated heterocycles. The fourth-order valence-corrected chi connectivity index (χ4v) is 2.04. The quantitative estimate of drug-likeness (QED) is 0.509. The number of hydrogen-bond acceptors (Lipinski definition) is 3. The lowest BCUT2D eigenvalue weighted by Gasteiger charge is -2.02. The van der Waals surface area contributed by atoms with E-state index < -0.39 is 0 Å². The maximum Gasteiger partial charge on any atom is 0.248 e. The lowest BCUT2D eigenvalue weighted by Crippen LogP contribution is -2.07. The summed E-state index contributed by atoms with van der Waals surface area (Å²) in [5, 5.41) is 10.6. The number of H-pyrrole nitrogens is 1. The highest BCUT2D eigenvalue weighted by Gasteiger charge is 2.01. The van der Waals surface area contributed by atoms with Crippen LogP contribution in [0.1, 0.15) is 5.56 Å². The zero-order valence-electron chi connectivity index (χ0n) is 11.2. The molecule has 0 fully saturated rings. The van der Waals surface area contributed by atoms with E-state index >= 15 is 0 Å². The molecule has 0 bridgehead atoms. The number of nitrogens with two attached hydrogens (primary N) is 1. The number of aromatic nitrogens is 2. The number of aromatic amines is 1. The Morgan fingerprint density at radius 1 is 1.24 bits per heavy atom. The molecular formula is C16H14N4O. The van der Waals surface area contributed by atoms with E-state index in [0.717, 1.165) is 22.2 Å². The third-order valence-corrected chi connectivity index (χ3v) is 3.05. The highest BCUT2D eigenvalue weighted by Crippen LogP contribution is 2.16. The van der Waals surface area contributed by atoms with Crippen molar-refractivity contribution in [2.24, 2.45) is 0 Å². The molecule has 0 unspecified atom stereocenters. The Bertz CT molecular complexity index is 820. The Labute approximate surface area is 121 Å². The number of fused-ring (bicyclic) bond motifs is 1. The number of benzene rings is 2. The van der Waals surface area contributed by atoms with Crippen LogP contribution >= 0.6 is 0 Å². The second kappa shape index (κ2) is 5.50. The van der Waals surface area contributed by atoms with E-state index in [1.807, 2.05) is 30.3 Å². The molecule has 0 aliphatic carbocycles. The third kappa shape index (κ3) is 3.09. The predicted molar refractivity (Wildman–Crippen MR) is 84.6 cm³/mol. The van der Waals surface area contributed by atoms with Crippen LogP contribution in [0.5, 0.6) is 0 Å². The van der Waals surface area contributed by atoms with Crippen LogP contribution in [-0.4, -0.2) is 16.1 Å². The molecule has 104 valence electrons. The number of carbonyl (C=O) groups excluding carboxylic acids is 1. The average Bonchev–Trinajstić information content (AvgIpc) is 2.93. The van der Waals surface area contributed by atoms with Crippen LogP contribution in [0.4, 0.5) is 11.4 Å². The summed E-state index contributed by atoms with van der Waals surface area (Å²) in [6.07, 6.45) is 4.92. The summed E-state index contributed by atoms with van der Waals surface area (Å²) in [5.41, 5.74) is 8.90. The molecule has 21 heavy (non-hydrogen) atoms. The van der Waals surface area contributed by atoms with Crippen molar-refractivity contribution in [2.75, 3.05) is 11.1 Å². The van der Waals surface area contributed by atoms with E-state index in [0.29, 0.717) is 5.69 Å². The number of carbonyl (C=O) groups is 1. The standard InChI is InChI=1S/C16H14N4O/c17-13-3-1-2-11(8-13)4-7-16(21)19-14-5-6-15-12(9-14)10-18-20-15/h1-10H,17H2,(H,18,20)(H,19,21)/b7-4+. The molecule has 0 aliphatic heterocycles. The van der Waals surface area contributed by atoms with Crippen molar-refractivity contribution in [1.29, 1.82) is 0 Å². The number of nitrogen functional groups attached to an aromatic ring is 1. The summed E-state index contributed by atoms with van der Waals surface area (Å²) in [6, 6.07) is 12.9. The van der Waals surface area contributed by atoms with Gasteiger partial charge in [0.15, 0.2) is 0 Å². The zero-order chi connectivity index (χ0) is 14.7. The van der Waals surface area contributed by atoms with Crippen LogP contribution in [0.2, 0.25) is 0 Å². The number of anilines is 2. The zero-order valence-corrected chi connectivity index (χ0v) is 11.2. The van der Waals surface area contributed by atoms with Gasteiger partial charge >= 0.3 is 0 Å². The molecule has 0 spiro atoms. The first kappa shape index (κ1) is 12.9. The molecule has 0 radical (unpaired) electrons. The highest BCUT2D eigenvalue weighted by atomic mass is 16.1. The van der Waals surface area contributed by atoms with Crippen molar-refractivity contribution in [3.8, 4) is 0 Å². The fourth-order valence-electron chi connectivity index (χ4n) is 2.04. The van der Waals surface area contributed by atoms with Crippen molar-refractivity contribution in [3.63, 3.8) is 0 Å². The summed E-state index contributed by atoms with van der Waals surface area (Å²) in [7, 11) is 0. The number of nitrogens with one attached hydrogen (secondary N) is 2. The molecule has 2 aromatic carbocycles. The highest BCUT2D eigenvalue weighted by molar-refractivity contribution is 6.02. The van der Waals surface area contributed by atoms with Crippen LogP contribution < -0.4 is 11.1 Å². The van der Waals surface area contributed by atoms with Crippen molar-refractivity contribution in [2.45, 2.75) is 0 Å². The Balaban J connectivity index is 1.71. The second-order valence-corrected chi connectivity index (χ2v) is 4.66. The summed E-state index contributed by atoms with van der Waals surface area (Å²) in [4.78, 5) is 11.9. The van der Waals surface area contributed by atoms with Gasteiger partial charge in [0.2, 0.25) is 5.91 Å². The van der Waals surface area contributed by atoms with Crippen LogP contribution in [-0.2, 0) is 4.79 Å². The molecule has 1 amide bonds. The first-order valence-corrected chi connectivity index (χ1v) is 6.48. The van der Waals surface area contributed by atoms with Gasteiger partial charge in [-0.25, -0.2) is 0 Å². The summed E-state index contributed by atoms with van der Waals surface area (Å²) >= 11 is 0. The number of hydrogen-bond donors (Lipinski definition) is 3. The van der Waals surface area contributed by atoms with E-state index in [2.05, 4.69) is 15.5 Å². The monoisotopic (exact) mass is 278 g/mol. The normalized spacial score (nSPS) is 11.0. The lowest BCUT2D eigenvalue weighted by molar-refractivity contribution is -0.111. The van der Waals surface area contributed by atoms with Gasteiger partial charge in [0.05, 0.1) is 11.7 Å². The molecular weight excluding hydrogens is 264 g/mol. The molecule has 5 heteroatoms. The van der Waals surface area contributed by atoms with Crippen LogP contribution in [0, 0.1) is 0 Å². The maximum atomic E-state index is 11.9. The van der Waals surface area contributed by atoms with Crippen LogP contribution in [0.3, 0.4) is 0 Å². The van der Waals surface area contributed by atoms with Gasteiger partial charge in [0, 0.05) is 22.8 Å². The van der Waals surface area contributed by atoms with Crippen molar-refractivity contribution in [3.05, 3.63) is 60.3 Å². The van der Waals surface area contributed by atoms with E-state index in [4.69, 9.17) is 5.73 Å². The van der Waals surface area contributed by atoms with Gasteiger partial charge in [-0.1, -0.05) is 12.1 Å². The Morgan fingerprint density at radius 2 is 2.14 bits per heavy atom. The van der Waals surface area contributed by atoms with Gasteiger partial charge < -0.3 is 11.1 Å². The number of rotatable bonds is 3. The largest absolute Gasteiger partial charge is 0.399 e. The molecule has 3 rings (SSSR count). The lowest BCUT2D eigenvalue weighted by atomic mass is 10.2. The molecule has 5 nitrogen and oxygen atoms in total. The second-order valence-electron chi connectivity index (χ2n) is 4.66. The molecule has 3 aromatic rings. The van der Waals surface area contributed by atoms with Crippen molar-refractivity contribution < 1.29 is 4.79 Å². The third-order valence-electron chi connectivity index (χ3n) is 3.05. The van der Waals surface area contributed by atoms with E-state index in [1.165, 1.54) is 6.08 Å². The first-order chi connectivity index (χ1) is 10.2. The average molecular weight is 278 g/mol. The van der Waals surface area contributed by atoms with Gasteiger partial charge in [-0.05, 0) is 42.0 Å². The first-order valence-electron chi connectivity index (χ1n) is 6.48. The van der Waals surface area contributed by atoms with Crippen molar-refractivity contribution in [1.82, 2.24) is 10.2 Å². The molecule has 0 aliphatic rings. The number of amides is 1. The minimum atomic E-state index is -0.194. The van der Waals surface area contributed by atoms with E-state index in [1.54, 1.807) is 24.4 Å². The molecule has 0 atom stereocenters. The Kier molecular flexibility index (Phi) is 3.39. The Morgan fingerprint density at radius 3 is 3.00 bits per heavy atom. The predicted octanol–water partition coefficient (Wildman–Crippen LogP) is 2.80. The fraction of sp³-hybridized carbons (Fsp3) is 0. The van der Waals surface area contributed by atoms with Gasteiger partial charge in [0.25, 0.3) is 0 Å². The summed E-state index contributed by atoms with van der Waals surface area (Å²) in [6.45, 7) is 0. The molecule has 0 saturated carbocycles. The van der Waals surface area contributed by atoms with Gasteiger partial charge in [-0.2, -0.15) is 5.10 Å². The van der Waals surface area contributed by atoms with E-state index in [-0.39, 0.29) is 5.91 Å². The maximum absolute atomic E-state index is 11.9. The van der Waals surface area contributed by atoms with E-state index in [9.17, 15) is 4.79 Å². The van der Waals surface area contributed by atoms with Crippen molar-refractivity contribution >= 4 is 34.3 Å². The van der Waals surface area contributed by atoms with Gasteiger partial charge in [-0.15, -0.1) is 0 Å². The topological polar surface area (TPSA) is 83.8 Å². The molecule has 1 aromatic heterocycles. The minimum Gasteiger partial charge on any atom is -0.399 e. The number of nitrogens with zero attached hydrogens (tertiary/aromatic N) is 1. The summed E-state index contributed by atoms with van der Waals surface area (Å²) in [5.74, 6) is -0.194. The van der Waals surface area contributed by atoms with Gasteiger partial charge in [0.1, 0.15) is 0 Å². The molecule has 4 N–H and O–H groups in total. The SMILES string of the molecule is Nc1cccc(/C=C/C(=O)Nc2ccc3[nH]ncc3c2)c1. The minimum absolute atomic E-state index is 0.194. The summed E-state index contributed by atoms with van der Waals surface area (Å²) < 4.78 is 0. The van der Waals surface area contributed by atoms with Gasteiger partial charge in [-0.3, -0.25) is 9.89 Å². The smallest absolute Gasteiger partial charge is 0.248 e. The van der Waals surface area contributed by atoms with Crippen LogP contribution in [0.15, 0.2) is 54.7 Å². The Hall–Kier alpha value is -3.08.